The lowest BCUT2D eigenvalue weighted by molar-refractivity contribution is 0.191. The van der Waals surface area contributed by atoms with E-state index in [4.69, 9.17) is 11.6 Å². The summed E-state index contributed by atoms with van der Waals surface area (Å²) in [4.78, 5) is 13.4. The van der Waals surface area contributed by atoms with Crippen LogP contribution in [0.1, 0.15) is 19.4 Å². The zero-order chi connectivity index (χ0) is 15.5. The molecule has 0 saturated carbocycles. The molecule has 4 nitrogen and oxygen atoms in total. The molecular weight excluding hydrogens is 296 g/mol. The van der Waals surface area contributed by atoms with Crippen LogP contribution in [0.15, 0.2) is 42.7 Å². The first-order valence-electron chi connectivity index (χ1n) is 7.66. The molecule has 2 atom stereocenters. The van der Waals surface area contributed by atoms with Crippen LogP contribution in [0, 0.1) is 0 Å². The number of aromatic nitrogens is 2. The number of halogens is 1. The van der Waals surface area contributed by atoms with Gasteiger partial charge in [0.05, 0.1) is 0 Å². The van der Waals surface area contributed by atoms with Crippen LogP contribution in [0.25, 0.3) is 0 Å². The van der Waals surface area contributed by atoms with Gasteiger partial charge < -0.3 is 4.90 Å². The van der Waals surface area contributed by atoms with Crippen molar-refractivity contribution in [1.82, 2.24) is 14.9 Å². The van der Waals surface area contributed by atoms with E-state index in [0.717, 1.165) is 25.5 Å². The number of benzene rings is 1. The van der Waals surface area contributed by atoms with Crippen molar-refractivity contribution in [1.29, 1.82) is 0 Å². The maximum absolute atomic E-state index is 6.23. The fraction of sp³-hybridized carbons (Fsp3) is 0.412. The van der Waals surface area contributed by atoms with Crippen molar-refractivity contribution in [2.75, 3.05) is 18.0 Å². The van der Waals surface area contributed by atoms with Crippen LogP contribution in [0.3, 0.4) is 0 Å². The highest BCUT2D eigenvalue weighted by Gasteiger charge is 2.31. The molecule has 0 radical (unpaired) electrons. The van der Waals surface area contributed by atoms with Crippen molar-refractivity contribution in [3.05, 3.63) is 53.4 Å². The average Bonchev–Trinajstić information content (AvgIpc) is 2.49. The van der Waals surface area contributed by atoms with Crippen LogP contribution in [0.5, 0.6) is 0 Å². The van der Waals surface area contributed by atoms with Gasteiger partial charge in [0.25, 0.3) is 0 Å². The molecule has 1 saturated heterocycles. The van der Waals surface area contributed by atoms with Gasteiger partial charge in [0.2, 0.25) is 0 Å². The molecule has 1 fully saturated rings. The SMILES string of the molecule is C[C@@H]1CN(Cc2ccccc2)C[C@H](C)N1c1nccnc1Cl. The average molecular weight is 317 g/mol. The van der Waals surface area contributed by atoms with Crippen molar-refractivity contribution in [2.45, 2.75) is 32.5 Å². The van der Waals surface area contributed by atoms with E-state index in [1.165, 1.54) is 5.56 Å². The van der Waals surface area contributed by atoms with Crippen molar-refractivity contribution in [3.63, 3.8) is 0 Å². The Balaban J connectivity index is 1.73. The van der Waals surface area contributed by atoms with Gasteiger partial charge >= 0.3 is 0 Å². The Bertz CT molecular complexity index is 607. The van der Waals surface area contributed by atoms with E-state index < -0.39 is 0 Å². The summed E-state index contributed by atoms with van der Waals surface area (Å²) in [6.07, 6.45) is 3.34. The van der Waals surface area contributed by atoms with Gasteiger partial charge in [-0.3, -0.25) is 4.90 Å². The molecule has 116 valence electrons. The van der Waals surface area contributed by atoms with Crippen LogP contribution in [-0.4, -0.2) is 40.0 Å². The monoisotopic (exact) mass is 316 g/mol. The molecular formula is C17H21ClN4. The first-order valence-corrected chi connectivity index (χ1v) is 8.04. The van der Waals surface area contributed by atoms with E-state index in [0.29, 0.717) is 17.2 Å². The number of anilines is 1. The Kier molecular flexibility index (Phi) is 4.60. The maximum atomic E-state index is 6.23. The standard InChI is InChI=1S/C17H21ClN4/c1-13-10-21(12-15-6-4-3-5-7-15)11-14(2)22(13)17-16(18)19-8-9-20-17/h3-9,13-14H,10-12H2,1-2H3/t13-,14+. The summed E-state index contributed by atoms with van der Waals surface area (Å²) < 4.78 is 0. The van der Waals surface area contributed by atoms with Crippen LogP contribution in [0.4, 0.5) is 5.82 Å². The third-order valence-electron chi connectivity index (χ3n) is 4.12. The Hall–Kier alpha value is -1.65. The number of hydrogen-bond donors (Lipinski definition) is 0. The summed E-state index contributed by atoms with van der Waals surface area (Å²) >= 11 is 6.23. The predicted molar refractivity (Wildman–Crippen MR) is 90.2 cm³/mol. The lowest BCUT2D eigenvalue weighted by Crippen LogP contribution is -2.57. The second-order valence-electron chi connectivity index (χ2n) is 5.96. The largest absolute Gasteiger partial charge is 0.346 e. The summed E-state index contributed by atoms with van der Waals surface area (Å²) in [5, 5.41) is 0.484. The number of hydrogen-bond acceptors (Lipinski definition) is 4. The van der Waals surface area contributed by atoms with Crippen molar-refractivity contribution < 1.29 is 0 Å². The Morgan fingerprint density at radius 2 is 1.68 bits per heavy atom. The number of rotatable bonds is 3. The van der Waals surface area contributed by atoms with E-state index in [-0.39, 0.29) is 0 Å². The van der Waals surface area contributed by atoms with Crippen LogP contribution in [0.2, 0.25) is 5.15 Å². The van der Waals surface area contributed by atoms with Gasteiger partial charge in [-0.25, -0.2) is 9.97 Å². The molecule has 0 bridgehead atoms. The maximum Gasteiger partial charge on any atom is 0.171 e. The first kappa shape index (κ1) is 15.3. The van der Waals surface area contributed by atoms with Crippen LogP contribution < -0.4 is 4.90 Å². The normalized spacial score (nSPS) is 22.8. The van der Waals surface area contributed by atoms with Gasteiger partial charge in [-0.05, 0) is 19.4 Å². The number of nitrogens with zero attached hydrogens (tertiary/aromatic N) is 4. The lowest BCUT2D eigenvalue weighted by Gasteiger charge is -2.45. The molecule has 0 amide bonds. The van der Waals surface area contributed by atoms with E-state index >= 15 is 0 Å². The molecule has 2 aromatic rings. The van der Waals surface area contributed by atoms with Crippen molar-refractivity contribution in [2.24, 2.45) is 0 Å². The fourth-order valence-electron chi connectivity index (χ4n) is 3.31. The van der Waals surface area contributed by atoms with Crippen LogP contribution >= 0.6 is 11.6 Å². The third-order valence-corrected chi connectivity index (χ3v) is 4.39. The topological polar surface area (TPSA) is 32.3 Å². The van der Waals surface area contributed by atoms with Crippen LogP contribution in [-0.2, 0) is 6.54 Å². The summed E-state index contributed by atoms with van der Waals surface area (Å²) in [5.41, 5.74) is 1.35. The zero-order valence-corrected chi connectivity index (χ0v) is 13.7. The van der Waals surface area contributed by atoms with E-state index in [1.54, 1.807) is 12.4 Å². The molecule has 22 heavy (non-hydrogen) atoms. The zero-order valence-electron chi connectivity index (χ0n) is 13.0. The minimum absolute atomic E-state index is 0.349. The highest BCUT2D eigenvalue weighted by molar-refractivity contribution is 6.31. The van der Waals surface area contributed by atoms with E-state index in [1.807, 2.05) is 0 Å². The van der Waals surface area contributed by atoms with E-state index in [9.17, 15) is 0 Å². The van der Waals surface area contributed by atoms with E-state index in [2.05, 4.69) is 63.9 Å². The van der Waals surface area contributed by atoms with Gasteiger partial charge in [0.15, 0.2) is 11.0 Å². The van der Waals surface area contributed by atoms with Gasteiger partial charge in [0.1, 0.15) is 0 Å². The van der Waals surface area contributed by atoms with Crippen molar-refractivity contribution in [3.8, 4) is 0 Å². The smallest absolute Gasteiger partial charge is 0.171 e. The molecule has 1 aromatic carbocycles. The minimum atomic E-state index is 0.349. The molecule has 1 aliphatic heterocycles. The predicted octanol–water partition coefficient (Wildman–Crippen LogP) is 3.23. The second kappa shape index (κ2) is 6.63. The summed E-state index contributed by atoms with van der Waals surface area (Å²) in [6.45, 7) is 7.41. The van der Waals surface area contributed by atoms with Gasteiger partial charge in [-0.2, -0.15) is 0 Å². The lowest BCUT2D eigenvalue weighted by atomic mass is 10.1. The number of piperazine rings is 1. The third kappa shape index (κ3) is 3.23. The first-order chi connectivity index (χ1) is 10.6. The molecule has 5 heteroatoms. The fourth-order valence-corrected chi connectivity index (χ4v) is 3.51. The van der Waals surface area contributed by atoms with Gasteiger partial charge in [0, 0.05) is 44.1 Å². The molecule has 0 unspecified atom stereocenters. The molecule has 1 aromatic heterocycles. The Morgan fingerprint density at radius 1 is 1.05 bits per heavy atom. The molecule has 0 N–H and O–H groups in total. The molecule has 3 rings (SSSR count). The molecule has 1 aliphatic rings. The second-order valence-corrected chi connectivity index (χ2v) is 6.31. The molecule has 0 spiro atoms. The highest BCUT2D eigenvalue weighted by Crippen LogP contribution is 2.28. The minimum Gasteiger partial charge on any atom is -0.346 e. The Morgan fingerprint density at radius 3 is 2.32 bits per heavy atom. The van der Waals surface area contributed by atoms with Gasteiger partial charge in [-0.15, -0.1) is 0 Å². The summed E-state index contributed by atoms with van der Waals surface area (Å²) in [7, 11) is 0. The van der Waals surface area contributed by atoms with Gasteiger partial charge in [-0.1, -0.05) is 41.9 Å². The summed E-state index contributed by atoms with van der Waals surface area (Å²) in [6, 6.07) is 11.3. The molecule has 2 heterocycles. The van der Waals surface area contributed by atoms with Crippen molar-refractivity contribution >= 4 is 17.4 Å². The summed E-state index contributed by atoms with van der Waals surface area (Å²) in [5.74, 6) is 0.795. The highest BCUT2D eigenvalue weighted by atomic mass is 35.5. The quantitative estimate of drug-likeness (QED) is 0.870. The molecule has 0 aliphatic carbocycles. The Labute approximate surface area is 136 Å².